The van der Waals surface area contributed by atoms with Gasteiger partial charge in [0, 0.05) is 66.0 Å². The van der Waals surface area contributed by atoms with Crippen molar-refractivity contribution in [1.29, 1.82) is 0 Å². The van der Waals surface area contributed by atoms with Crippen molar-refractivity contribution in [2.24, 2.45) is 0 Å². The summed E-state index contributed by atoms with van der Waals surface area (Å²) in [6, 6.07) is 12.5. The summed E-state index contributed by atoms with van der Waals surface area (Å²) in [5.74, 6) is 0. The summed E-state index contributed by atoms with van der Waals surface area (Å²) in [6.45, 7) is 3.19. The molecule has 0 aliphatic carbocycles. The molecule has 0 radical (unpaired) electrons. The largest absolute Gasteiger partial charge is 0.344 e. The van der Waals surface area contributed by atoms with Gasteiger partial charge in [0.15, 0.2) is 0 Å². The lowest BCUT2D eigenvalue weighted by Crippen LogP contribution is -2.21. The number of likely N-dealkylation sites (N-methyl/N-ethyl adjacent to an activating group) is 1. The molecule has 2 aromatic heterocycles. The van der Waals surface area contributed by atoms with Gasteiger partial charge in [0.05, 0.1) is 0 Å². The van der Waals surface area contributed by atoms with Crippen LogP contribution in [0.15, 0.2) is 42.6 Å². The summed E-state index contributed by atoms with van der Waals surface area (Å²) in [7, 11) is 2.21. The molecule has 0 fully saturated rings. The number of fused-ring (bicyclic) bond motifs is 3. The van der Waals surface area contributed by atoms with Crippen LogP contribution >= 0.6 is 11.6 Å². The quantitative estimate of drug-likeness (QED) is 0.720. The van der Waals surface area contributed by atoms with Crippen LogP contribution in [0.3, 0.4) is 0 Å². The number of aromatic nitrogens is 2. The molecule has 4 heteroatoms. The standard InChI is InChI=1S/C20H22ClN3/c1-23-11-8-17-18-14-15(21)5-6-19(18)24(20(17)9-12-23)13-7-16-4-2-3-10-22-16/h2-6,10,14H,7-9,11-13H2,1H3. The normalized spacial score (nSPS) is 15.4. The SMILES string of the molecule is CN1CCc2c(n(CCc3ccccn3)c3ccc(Cl)cc23)CC1. The lowest BCUT2D eigenvalue weighted by Gasteiger charge is -2.14. The molecular weight excluding hydrogens is 318 g/mol. The first-order chi connectivity index (χ1) is 11.7. The third-order valence-corrected chi connectivity index (χ3v) is 5.28. The fraction of sp³-hybridized carbons (Fsp3) is 0.350. The molecule has 1 aliphatic heterocycles. The second-order valence-corrected chi connectivity index (χ2v) is 7.05. The van der Waals surface area contributed by atoms with Crippen molar-refractivity contribution in [1.82, 2.24) is 14.5 Å². The van der Waals surface area contributed by atoms with E-state index >= 15 is 0 Å². The zero-order chi connectivity index (χ0) is 16.5. The lowest BCUT2D eigenvalue weighted by molar-refractivity contribution is 0.350. The van der Waals surface area contributed by atoms with Gasteiger partial charge in [-0.3, -0.25) is 4.98 Å². The molecule has 3 nitrogen and oxygen atoms in total. The molecule has 3 heterocycles. The number of pyridine rings is 1. The smallest absolute Gasteiger partial charge is 0.0486 e. The molecule has 0 amide bonds. The molecule has 124 valence electrons. The second kappa shape index (κ2) is 6.58. The van der Waals surface area contributed by atoms with E-state index in [4.69, 9.17) is 11.6 Å². The number of benzene rings is 1. The Labute approximate surface area is 147 Å². The molecule has 0 N–H and O–H groups in total. The van der Waals surface area contributed by atoms with Crippen molar-refractivity contribution in [2.45, 2.75) is 25.8 Å². The van der Waals surface area contributed by atoms with Gasteiger partial charge in [-0.05, 0) is 49.4 Å². The first kappa shape index (κ1) is 15.7. The third-order valence-electron chi connectivity index (χ3n) is 5.04. The van der Waals surface area contributed by atoms with Gasteiger partial charge >= 0.3 is 0 Å². The van der Waals surface area contributed by atoms with Crippen LogP contribution in [0.5, 0.6) is 0 Å². The van der Waals surface area contributed by atoms with Crippen molar-refractivity contribution in [3.05, 3.63) is 64.6 Å². The minimum absolute atomic E-state index is 0.824. The maximum atomic E-state index is 6.28. The molecule has 1 aromatic carbocycles. The Morgan fingerprint density at radius 3 is 2.83 bits per heavy atom. The van der Waals surface area contributed by atoms with E-state index in [0.717, 1.165) is 49.6 Å². The molecule has 24 heavy (non-hydrogen) atoms. The molecule has 0 atom stereocenters. The van der Waals surface area contributed by atoms with Crippen LogP contribution < -0.4 is 0 Å². The Morgan fingerprint density at radius 2 is 2.00 bits per heavy atom. The predicted molar refractivity (Wildman–Crippen MR) is 99.8 cm³/mol. The Hall–Kier alpha value is -1.84. The molecule has 0 saturated carbocycles. The molecule has 0 saturated heterocycles. The monoisotopic (exact) mass is 339 g/mol. The van der Waals surface area contributed by atoms with Crippen LogP contribution in [-0.4, -0.2) is 34.6 Å². The summed E-state index contributed by atoms with van der Waals surface area (Å²) in [5, 5.41) is 2.15. The Kier molecular flexibility index (Phi) is 4.30. The van der Waals surface area contributed by atoms with Crippen LogP contribution in [0.4, 0.5) is 0 Å². The van der Waals surface area contributed by atoms with E-state index in [-0.39, 0.29) is 0 Å². The van der Waals surface area contributed by atoms with Gasteiger partial charge in [0.2, 0.25) is 0 Å². The summed E-state index contributed by atoms with van der Waals surface area (Å²) in [4.78, 5) is 6.89. The van der Waals surface area contributed by atoms with Gasteiger partial charge in [-0.2, -0.15) is 0 Å². The second-order valence-electron chi connectivity index (χ2n) is 6.61. The topological polar surface area (TPSA) is 21.1 Å². The maximum Gasteiger partial charge on any atom is 0.0486 e. The van der Waals surface area contributed by atoms with Crippen molar-refractivity contribution in [3.8, 4) is 0 Å². The summed E-state index contributed by atoms with van der Waals surface area (Å²) < 4.78 is 2.49. The number of rotatable bonds is 3. The van der Waals surface area contributed by atoms with Crippen molar-refractivity contribution in [2.75, 3.05) is 20.1 Å². The van der Waals surface area contributed by atoms with Gasteiger partial charge in [-0.1, -0.05) is 17.7 Å². The average molecular weight is 340 g/mol. The number of nitrogens with zero attached hydrogens (tertiary/aromatic N) is 3. The summed E-state index contributed by atoms with van der Waals surface area (Å²) >= 11 is 6.28. The van der Waals surface area contributed by atoms with Crippen molar-refractivity contribution in [3.63, 3.8) is 0 Å². The zero-order valence-electron chi connectivity index (χ0n) is 14.0. The van der Waals surface area contributed by atoms with Gasteiger partial charge in [0.1, 0.15) is 0 Å². The Bertz CT molecular complexity index is 854. The molecule has 0 bridgehead atoms. The van der Waals surface area contributed by atoms with E-state index in [1.165, 1.54) is 22.2 Å². The highest BCUT2D eigenvalue weighted by atomic mass is 35.5. The molecular formula is C20H22ClN3. The zero-order valence-corrected chi connectivity index (χ0v) is 14.8. The van der Waals surface area contributed by atoms with E-state index in [0.29, 0.717) is 0 Å². The van der Waals surface area contributed by atoms with Crippen LogP contribution in [0, 0.1) is 0 Å². The lowest BCUT2D eigenvalue weighted by atomic mass is 10.1. The number of aryl methyl sites for hydroxylation is 2. The van der Waals surface area contributed by atoms with Crippen LogP contribution in [0.25, 0.3) is 10.9 Å². The van der Waals surface area contributed by atoms with Gasteiger partial charge in [-0.15, -0.1) is 0 Å². The molecule has 4 rings (SSSR count). The minimum atomic E-state index is 0.824. The summed E-state index contributed by atoms with van der Waals surface area (Å²) in [5.41, 5.74) is 5.42. The fourth-order valence-corrected chi connectivity index (χ4v) is 3.93. The van der Waals surface area contributed by atoms with E-state index in [9.17, 15) is 0 Å². The minimum Gasteiger partial charge on any atom is -0.344 e. The average Bonchev–Trinajstić information content (AvgIpc) is 2.74. The highest BCUT2D eigenvalue weighted by Gasteiger charge is 2.20. The van der Waals surface area contributed by atoms with Gasteiger partial charge in [-0.25, -0.2) is 0 Å². The number of hydrogen-bond donors (Lipinski definition) is 0. The molecule has 3 aromatic rings. The van der Waals surface area contributed by atoms with E-state index in [1.807, 2.05) is 18.3 Å². The van der Waals surface area contributed by atoms with E-state index < -0.39 is 0 Å². The van der Waals surface area contributed by atoms with E-state index in [1.54, 1.807) is 0 Å². The van der Waals surface area contributed by atoms with Gasteiger partial charge in [0.25, 0.3) is 0 Å². The first-order valence-electron chi connectivity index (χ1n) is 8.60. The Morgan fingerprint density at radius 1 is 1.12 bits per heavy atom. The Balaban J connectivity index is 1.76. The number of halogens is 1. The fourth-order valence-electron chi connectivity index (χ4n) is 3.75. The van der Waals surface area contributed by atoms with Crippen molar-refractivity contribution < 1.29 is 0 Å². The van der Waals surface area contributed by atoms with Crippen molar-refractivity contribution >= 4 is 22.5 Å². The summed E-state index contributed by atoms with van der Waals surface area (Å²) in [6.07, 6.45) is 5.02. The molecule has 0 spiro atoms. The highest BCUT2D eigenvalue weighted by Crippen LogP contribution is 2.31. The number of hydrogen-bond acceptors (Lipinski definition) is 2. The van der Waals surface area contributed by atoms with E-state index in [2.05, 4.69) is 45.8 Å². The van der Waals surface area contributed by atoms with Gasteiger partial charge < -0.3 is 9.47 Å². The maximum absolute atomic E-state index is 6.28. The van der Waals surface area contributed by atoms with Crippen LogP contribution in [0.1, 0.15) is 17.0 Å². The first-order valence-corrected chi connectivity index (χ1v) is 8.98. The van der Waals surface area contributed by atoms with Crippen LogP contribution in [0.2, 0.25) is 5.02 Å². The molecule has 0 unspecified atom stereocenters. The van der Waals surface area contributed by atoms with Crippen LogP contribution in [-0.2, 0) is 25.8 Å². The highest BCUT2D eigenvalue weighted by molar-refractivity contribution is 6.31. The molecule has 1 aliphatic rings. The predicted octanol–water partition coefficient (Wildman–Crippen LogP) is 3.96. The third kappa shape index (κ3) is 2.94.